The molecule has 12 heteroatoms. The number of hydrogen-bond donors (Lipinski definition) is 2. The molecule has 0 spiro atoms. The Kier molecular flexibility index (Phi) is 7.53. The van der Waals surface area contributed by atoms with Gasteiger partial charge in [0.25, 0.3) is 5.91 Å². The first kappa shape index (κ1) is 25.1. The van der Waals surface area contributed by atoms with Crippen LogP contribution in [0.1, 0.15) is 28.5 Å². The topological polar surface area (TPSA) is 156 Å². The molecule has 39 heavy (non-hydrogen) atoms. The molecule has 3 N–H and O–H groups in total. The van der Waals surface area contributed by atoms with Gasteiger partial charge in [0, 0.05) is 5.56 Å². The second kappa shape index (κ2) is 11.7. The zero-order valence-corrected chi connectivity index (χ0v) is 20.9. The van der Waals surface area contributed by atoms with Gasteiger partial charge in [-0.2, -0.15) is 9.78 Å². The zero-order chi connectivity index (χ0) is 27.0. The molecule has 0 fully saturated rings. The highest BCUT2D eigenvalue weighted by atomic mass is 16.6. The van der Waals surface area contributed by atoms with E-state index in [1.54, 1.807) is 24.3 Å². The van der Waals surface area contributed by atoms with Crippen molar-refractivity contribution in [3.05, 3.63) is 95.7 Å². The van der Waals surface area contributed by atoms with Gasteiger partial charge in [-0.05, 0) is 46.6 Å². The lowest BCUT2D eigenvalue weighted by Crippen LogP contribution is -2.22. The summed E-state index contributed by atoms with van der Waals surface area (Å²) < 4.78 is 17.5. The number of benzene rings is 3. The number of nitrogens with two attached hydrogens (primary N) is 1. The Morgan fingerprint density at radius 1 is 1.03 bits per heavy atom. The summed E-state index contributed by atoms with van der Waals surface area (Å²) in [6.45, 7) is 2.75. The number of hydrazone groups is 1. The molecule has 0 atom stereocenters. The van der Waals surface area contributed by atoms with E-state index in [0.29, 0.717) is 41.5 Å². The molecule has 0 aliphatic heterocycles. The summed E-state index contributed by atoms with van der Waals surface area (Å²) in [5.41, 5.74) is 11.1. The Balaban J connectivity index is 1.36. The van der Waals surface area contributed by atoms with Crippen LogP contribution in [0.3, 0.4) is 0 Å². The molecular weight excluding hydrogens is 500 g/mol. The van der Waals surface area contributed by atoms with Crippen LogP contribution in [0.25, 0.3) is 17.1 Å². The van der Waals surface area contributed by atoms with Gasteiger partial charge < -0.3 is 15.2 Å². The normalized spacial score (nSPS) is 11.0. The summed E-state index contributed by atoms with van der Waals surface area (Å²) in [6.07, 6.45) is 1.49. The third-order valence-corrected chi connectivity index (χ3v) is 5.51. The SMILES string of the molecule is CCOc1cc(C=NNC(=O)c2c(-c3ccccc3)nnn2-c2nonc2N)ccc1OCc1ccccc1. The van der Waals surface area contributed by atoms with Crippen molar-refractivity contribution in [2.24, 2.45) is 5.10 Å². The number of nitrogen functional groups attached to an aromatic ring is 1. The van der Waals surface area contributed by atoms with Crippen molar-refractivity contribution < 1.29 is 18.9 Å². The van der Waals surface area contributed by atoms with Gasteiger partial charge in [0.2, 0.25) is 11.6 Å². The Bertz CT molecular complexity index is 1580. The van der Waals surface area contributed by atoms with Gasteiger partial charge in [0.1, 0.15) is 12.3 Å². The predicted octanol–water partition coefficient (Wildman–Crippen LogP) is 3.64. The van der Waals surface area contributed by atoms with Gasteiger partial charge in [0.15, 0.2) is 17.2 Å². The highest BCUT2D eigenvalue weighted by Gasteiger charge is 2.25. The van der Waals surface area contributed by atoms with E-state index in [0.717, 1.165) is 10.2 Å². The first-order valence-electron chi connectivity index (χ1n) is 12.0. The van der Waals surface area contributed by atoms with Crippen LogP contribution < -0.4 is 20.6 Å². The molecule has 1 amide bonds. The van der Waals surface area contributed by atoms with Crippen LogP contribution in [0.2, 0.25) is 0 Å². The summed E-state index contributed by atoms with van der Waals surface area (Å²) in [5, 5.41) is 19.6. The summed E-state index contributed by atoms with van der Waals surface area (Å²) in [5.74, 6) is 0.557. The van der Waals surface area contributed by atoms with Crippen molar-refractivity contribution in [3.63, 3.8) is 0 Å². The number of nitrogens with one attached hydrogen (secondary N) is 1. The van der Waals surface area contributed by atoms with Crippen molar-refractivity contribution in [1.29, 1.82) is 0 Å². The van der Waals surface area contributed by atoms with E-state index in [-0.39, 0.29) is 17.3 Å². The lowest BCUT2D eigenvalue weighted by atomic mass is 10.1. The van der Waals surface area contributed by atoms with Gasteiger partial charge in [0.05, 0.1) is 12.8 Å². The van der Waals surface area contributed by atoms with E-state index in [1.807, 2.05) is 61.5 Å². The van der Waals surface area contributed by atoms with Crippen molar-refractivity contribution >= 4 is 17.9 Å². The molecule has 2 aromatic heterocycles. The van der Waals surface area contributed by atoms with Crippen LogP contribution in [-0.2, 0) is 6.61 Å². The average Bonchev–Trinajstić information content (AvgIpc) is 3.60. The molecule has 0 saturated heterocycles. The Morgan fingerprint density at radius 3 is 2.51 bits per heavy atom. The summed E-state index contributed by atoms with van der Waals surface area (Å²) in [6, 6.07) is 24.3. The number of amides is 1. The molecule has 0 radical (unpaired) electrons. The second-order valence-corrected chi connectivity index (χ2v) is 8.15. The molecule has 0 aliphatic rings. The molecule has 12 nitrogen and oxygen atoms in total. The zero-order valence-electron chi connectivity index (χ0n) is 20.9. The molecule has 5 rings (SSSR count). The van der Waals surface area contributed by atoms with Crippen molar-refractivity contribution in [2.75, 3.05) is 12.3 Å². The number of carbonyl (C=O) groups is 1. The second-order valence-electron chi connectivity index (χ2n) is 8.15. The van der Waals surface area contributed by atoms with Crippen LogP contribution in [0.4, 0.5) is 5.82 Å². The number of carbonyl (C=O) groups excluding carboxylic acids is 1. The predicted molar refractivity (Wildman–Crippen MR) is 143 cm³/mol. The van der Waals surface area contributed by atoms with Crippen LogP contribution in [0.15, 0.2) is 88.6 Å². The molecular formula is C27H24N8O4. The number of nitrogens with zero attached hydrogens (tertiary/aromatic N) is 6. The number of anilines is 1. The smallest absolute Gasteiger partial charge is 0.292 e. The van der Waals surface area contributed by atoms with Gasteiger partial charge in [-0.15, -0.1) is 5.10 Å². The minimum Gasteiger partial charge on any atom is -0.490 e. The molecule has 0 saturated carbocycles. The van der Waals surface area contributed by atoms with Crippen molar-refractivity contribution in [1.82, 2.24) is 30.7 Å². The third kappa shape index (κ3) is 5.74. The van der Waals surface area contributed by atoms with E-state index in [2.05, 4.69) is 35.8 Å². The van der Waals surface area contributed by atoms with E-state index in [9.17, 15) is 4.79 Å². The highest BCUT2D eigenvalue weighted by Crippen LogP contribution is 2.29. The van der Waals surface area contributed by atoms with E-state index >= 15 is 0 Å². The first-order chi connectivity index (χ1) is 19.1. The monoisotopic (exact) mass is 524 g/mol. The van der Waals surface area contributed by atoms with E-state index in [1.165, 1.54) is 6.21 Å². The minimum absolute atomic E-state index is 0.0336. The van der Waals surface area contributed by atoms with Crippen LogP contribution in [-0.4, -0.2) is 44.0 Å². The third-order valence-electron chi connectivity index (χ3n) is 5.51. The van der Waals surface area contributed by atoms with Crippen molar-refractivity contribution in [2.45, 2.75) is 13.5 Å². The van der Waals surface area contributed by atoms with Crippen molar-refractivity contribution in [3.8, 4) is 28.6 Å². The number of ether oxygens (including phenoxy) is 2. The van der Waals surface area contributed by atoms with Crippen LogP contribution in [0.5, 0.6) is 11.5 Å². The van der Waals surface area contributed by atoms with Gasteiger partial charge in [-0.3, -0.25) is 4.79 Å². The van der Waals surface area contributed by atoms with Gasteiger partial charge in [-0.25, -0.2) is 10.1 Å². The molecule has 196 valence electrons. The van der Waals surface area contributed by atoms with E-state index < -0.39 is 5.91 Å². The first-order valence-corrected chi connectivity index (χ1v) is 12.0. The lowest BCUT2D eigenvalue weighted by Gasteiger charge is -2.12. The number of hydrogen-bond acceptors (Lipinski definition) is 10. The molecule has 5 aromatic rings. The van der Waals surface area contributed by atoms with Gasteiger partial charge >= 0.3 is 0 Å². The molecule has 0 aliphatic carbocycles. The lowest BCUT2D eigenvalue weighted by molar-refractivity contribution is 0.0947. The largest absolute Gasteiger partial charge is 0.490 e. The Morgan fingerprint density at radius 2 is 1.79 bits per heavy atom. The molecule has 0 unspecified atom stereocenters. The maximum absolute atomic E-state index is 13.3. The van der Waals surface area contributed by atoms with Crippen LogP contribution >= 0.6 is 0 Å². The summed E-state index contributed by atoms with van der Waals surface area (Å²) >= 11 is 0. The number of rotatable bonds is 10. The Labute approximate surface area is 223 Å². The molecule has 2 heterocycles. The fraction of sp³-hybridized carbons (Fsp3) is 0.111. The highest BCUT2D eigenvalue weighted by molar-refractivity contribution is 5.99. The Hall–Kier alpha value is -5.52. The van der Waals surface area contributed by atoms with E-state index in [4.69, 9.17) is 15.2 Å². The fourth-order valence-corrected chi connectivity index (χ4v) is 3.71. The fourth-order valence-electron chi connectivity index (χ4n) is 3.71. The quantitative estimate of drug-likeness (QED) is 0.206. The number of aromatic nitrogens is 5. The maximum Gasteiger partial charge on any atom is 0.292 e. The molecule has 3 aromatic carbocycles. The van der Waals surface area contributed by atoms with Crippen LogP contribution in [0, 0.1) is 0 Å². The van der Waals surface area contributed by atoms with Gasteiger partial charge in [-0.1, -0.05) is 65.9 Å². The standard InChI is InChI=1S/C27H24N8O4/c1-2-37-22-15-19(13-14-21(22)38-17-18-9-5-3-6-10-18)16-29-31-27(36)24-23(20-11-7-4-8-12-20)30-34-35(24)26-25(28)32-39-33-26/h3-16H,2,17H2,1H3,(H2,28,32)(H,31,36). The molecule has 0 bridgehead atoms. The maximum atomic E-state index is 13.3. The summed E-state index contributed by atoms with van der Waals surface area (Å²) in [4.78, 5) is 13.3. The minimum atomic E-state index is -0.592. The average molecular weight is 525 g/mol. The summed E-state index contributed by atoms with van der Waals surface area (Å²) in [7, 11) is 0.